The lowest BCUT2D eigenvalue weighted by Gasteiger charge is -2.16. The molecule has 4 heteroatoms. The molecule has 1 fully saturated rings. The number of hydrogen-bond acceptors (Lipinski definition) is 2. The van der Waals surface area contributed by atoms with Gasteiger partial charge < -0.3 is 10.2 Å². The van der Waals surface area contributed by atoms with Crippen LogP contribution in [0.1, 0.15) is 13.3 Å². The van der Waals surface area contributed by atoms with E-state index in [2.05, 4.69) is 5.32 Å². The van der Waals surface area contributed by atoms with Crippen LogP contribution in [0.5, 0.6) is 0 Å². The lowest BCUT2D eigenvalue weighted by atomic mass is 9.94. The van der Waals surface area contributed by atoms with Gasteiger partial charge in [-0.2, -0.15) is 0 Å². The summed E-state index contributed by atoms with van der Waals surface area (Å²) in [5, 5.41) is 2.85. The largest absolute Gasteiger partial charge is 0.326 e. The maximum absolute atomic E-state index is 12.7. The molecular formula is C19H20N2O2. The second kappa shape index (κ2) is 6.65. The Hall–Kier alpha value is -2.62. The molecule has 0 aliphatic carbocycles. The highest BCUT2D eigenvalue weighted by atomic mass is 16.2. The van der Waals surface area contributed by atoms with Crippen molar-refractivity contribution >= 4 is 23.2 Å². The van der Waals surface area contributed by atoms with Crippen molar-refractivity contribution < 1.29 is 9.59 Å². The summed E-state index contributed by atoms with van der Waals surface area (Å²) in [4.78, 5) is 26.7. The van der Waals surface area contributed by atoms with E-state index in [-0.39, 0.29) is 30.1 Å². The van der Waals surface area contributed by atoms with Gasteiger partial charge in [-0.25, -0.2) is 0 Å². The van der Waals surface area contributed by atoms with Crippen LogP contribution in [0.3, 0.4) is 0 Å². The maximum atomic E-state index is 12.7. The summed E-state index contributed by atoms with van der Waals surface area (Å²) >= 11 is 0. The van der Waals surface area contributed by atoms with Crippen molar-refractivity contribution in [2.45, 2.75) is 13.3 Å². The molecule has 1 aliphatic heterocycles. The number of para-hydroxylation sites is 2. The minimum Gasteiger partial charge on any atom is -0.326 e. The number of anilines is 2. The first kappa shape index (κ1) is 15.3. The summed E-state index contributed by atoms with van der Waals surface area (Å²) in [5.41, 5.74) is 1.66. The minimum atomic E-state index is -0.265. The number of nitrogens with zero attached hydrogens (tertiary/aromatic N) is 1. The van der Waals surface area contributed by atoms with Gasteiger partial charge in [0.1, 0.15) is 0 Å². The Balaban J connectivity index is 1.66. The van der Waals surface area contributed by atoms with Crippen molar-refractivity contribution in [2.24, 2.45) is 11.8 Å². The Morgan fingerprint density at radius 2 is 1.70 bits per heavy atom. The van der Waals surface area contributed by atoms with Crippen molar-refractivity contribution in [3.63, 3.8) is 0 Å². The van der Waals surface area contributed by atoms with Crippen LogP contribution in [0.25, 0.3) is 0 Å². The van der Waals surface area contributed by atoms with Crippen LogP contribution in [0, 0.1) is 11.8 Å². The standard InChI is InChI=1S/C19H20N2O2/c1-14-13-21(16-10-6-3-7-11-16)19(23)17(14)12-18(22)20-15-8-4-2-5-9-15/h2-11,14,17H,12-13H2,1H3,(H,20,22)/t14-,17+/m0/s1. The smallest absolute Gasteiger partial charge is 0.230 e. The number of nitrogens with one attached hydrogen (secondary N) is 1. The molecule has 2 aromatic carbocycles. The molecule has 0 aromatic heterocycles. The van der Waals surface area contributed by atoms with Crippen LogP contribution in [0.15, 0.2) is 60.7 Å². The van der Waals surface area contributed by atoms with Gasteiger partial charge >= 0.3 is 0 Å². The molecule has 0 bridgehead atoms. The molecule has 1 heterocycles. The monoisotopic (exact) mass is 308 g/mol. The summed E-state index contributed by atoms with van der Waals surface area (Å²) in [6.45, 7) is 2.69. The summed E-state index contributed by atoms with van der Waals surface area (Å²) in [7, 11) is 0. The number of benzene rings is 2. The third kappa shape index (κ3) is 3.42. The third-order valence-electron chi connectivity index (χ3n) is 4.27. The van der Waals surface area contributed by atoms with Crippen molar-refractivity contribution in [2.75, 3.05) is 16.8 Å². The van der Waals surface area contributed by atoms with E-state index < -0.39 is 0 Å². The molecule has 2 amide bonds. The lowest BCUT2D eigenvalue weighted by Crippen LogP contribution is -2.28. The zero-order valence-electron chi connectivity index (χ0n) is 13.1. The molecular weight excluding hydrogens is 288 g/mol. The minimum absolute atomic E-state index is 0.0342. The van der Waals surface area contributed by atoms with Gasteiger partial charge in [0.25, 0.3) is 0 Å². The van der Waals surface area contributed by atoms with Crippen molar-refractivity contribution in [1.82, 2.24) is 0 Å². The molecule has 1 saturated heterocycles. The summed E-state index contributed by atoms with van der Waals surface area (Å²) in [6.07, 6.45) is 0.220. The molecule has 0 saturated carbocycles. The first-order valence-corrected chi connectivity index (χ1v) is 7.86. The average molecular weight is 308 g/mol. The fourth-order valence-corrected chi connectivity index (χ4v) is 3.01. The quantitative estimate of drug-likeness (QED) is 0.942. The number of carbonyl (C=O) groups excluding carboxylic acids is 2. The Labute approximate surface area is 136 Å². The molecule has 0 spiro atoms. The zero-order chi connectivity index (χ0) is 16.2. The number of rotatable bonds is 4. The van der Waals surface area contributed by atoms with Crippen molar-refractivity contribution in [1.29, 1.82) is 0 Å². The molecule has 118 valence electrons. The van der Waals surface area contributed by atoms with Crippen LogP contribution < -0.4 is 10.2 Å². The topological polar surface area (TPSA) is 49.4 Å². The molecule has 2 atom stereocenters. The number of carbonyl (C=O) groups is 2. The third-order valence-corrected chi connectivity index (χ3v) is 4.27. The second-order valence-corrected chi connectivity index (χ2v) is 5.99. The molecule has 2 aromatic rings. The Kier molecular flexibility index (Phi) is 4.42. The predicted octanol–water partition coefficient (Wildman–Crippen LogP) is 3.31. The molecule has 3 rings (SSSR count). The highest BCUT2D eigenvalue weighted by molar-refractivity contribution is 6.01. The first-order chi connectivity index (χ1) is 11.1. The fraction of sp³-hybridized carbons (Fsp3) is 0.263. The van der Waals surface area contributed by atoms with Gasteiger partial charge in [0.15, 0.2) is 0 Å². The first-order valence-electron chi connectivity index (χ1n) is 7.86. The van der Waals surface area contributed by atoms with Crippen LogP contribution in [-0.4, -0.2) is 18.4 Å². The SMILES string of the molecule is C[C@H]1CN(c2ccccc2)C(=O)[C@@H]1CC(=O)Nc1ccccc1. The van der Waals surface area contributed by atoms with E-state index in [4.69, 9.17) is 0 Å². The van der Waals surface area contributed by atoms with E-state index in [1.807, 2.05) is 67.6 Å². The normalized spacial score (nSPS) is 20.6. The Morgan fingerprint density at radius 3 is 2.35 bits per heavy atom. The highest BCUT2D eigenvalue weighted by Gasteiger charge is 2.39. The van der Waals surface area contributed by atoms with E-state index in [1.54, 1.807) is 4.90 Å². The van der Waals surface area contributed by atoms with Crippen LogP contribution in [0.2, 0.25) is 0 Å². The zero-order valence-corrected chi connectivity index (χ0v) is 13.1. The van der Waals surface area contributed by atoms with E-state index in [9.17, 15) is 9.59 Å². The van der Waals surface area contributed by atoms with Gasteiger partial charge in [-0.05, 0) is 30.2 Å². The van der Waals surface area contributed by atoms with Crippen molar-refractivity contribution in [3.8, 4) is 0 Å². The fourth-order valence-electron chi connectivity index (χ4n) is 3.01. The van der Waals surface area contributed by atoms with Crippen LogP contribution in [0.4, 0.5) is 11.4 Å². The summed E-state index contributed by atoms with van der Waals surface area (Å²) in [5.74, 6) is -0.189. The van der Waals surface area contributed by atoms with E-state index in [0.717, 1.165) is 11.4 Å². The lowest BCUT2D eigenvalue weighted by molar-refractivity contribution is -0.125. The van der Waals surface area contributed by atoms with Crippen LogP contribution >= 0.6 is 0 Å². The van der Waals surface area contributed by atoms with Gasteiger partial charge in [-0.15, -0.1) is 0 Å². The van der Waals surface area contributed by atoms with E-state index in [1.165, 1.54) is 0 Å². The molecule has 0 unspecified atom stereocenters. The van der Waals surface area contributed by atoms with Crippen molar-refractivity contribution in [3.05, 3.63) is 60.7 Å². The molecule has 1 N–H and O–H groups in total. The average Bonchev–Trinajstić information content (AvgIpc) is 2.85. The highest BCUT2D eigenvalue weighted by Crippen LogP contribution is 2.31. The van der Waals surface area contributed by atoms with E-state index in [0.29, 0.717) is 6.54 Å². The van der Waals surface area contributed by atoms with Crippen LogP contribution in [-0.2, 0) is 9.59 Å². The number of amides is 2. The number of hydrogen-bond donors (Lipinski definition) is 1. The van der Waals surface area contributed by atoms with Gasteiger partial charge in [0.05, 0.1) is 5.92 Å². The Bertz CT molecular complexity index is 685. The summed E-state index contributed by atoms with van der Waals surface area (Å²) in [6, 6.07) is 18.9. The Morgan fingerprint density at radius 1 is 1.09 bits per heavy atom. The van der Waals surface area contributed by atoms with Gasteiger partial charge in [-0.1, -0.05) is 43.3 Å². The van der Waals surface area contributed by atoms with E-state index >= 15 is 0 Å². The van der Waals surface area contributed by atoms with Gasteiger partial charge in [0.2, 0.25) is 11.8 Å². The summed E-state index contributed by atoms with van der Waals surface area (Å²) < 4.78 is 0. The molecule has 1 aliphatic rings. The molecule has 23 heavy (non-hydrogen) atoms. The van der Waals surface area contributed by atoms with Gasteiger partial charge in [0, 0.05) is 24.3 Å². The predicted molar refractivity (Wildman–Crippen MR) is 91.1 cm³/mol. The van der Waals surface area contributed by atoms with Gasteiger partial charge in [-0.3, -0.25) is 9.59 Å². The molecule has 0 radical (unpaired) electrons. The maximum Gasteiger partial charge on any atom is 0.230 e. The molecule has 4 nitrogen and oxygen atoms in total. The second-order valence-electron chi connectivity index (χ2n) is 5.99.